The summed E-state index contributed by atoms with van der Waals surface area (Å²) in [4.78, 5) is 4.58. The van der Waals surface area contributed by atoms with Crippen LogP contribution in [0.25, 0.3) is 5.69 Å². The summed E-state index contributed by atoms with van der Waals surface area (Å²) < 4.78 is 20.1. The maximum Gasteiger partial charge on any atom is 0.214 e. The molecule has 0 radical (unpaired) electrons. The molecule has 0 amide bonds. The Balaban J connectivity index is 1.41. The molecule has 2 aromatic carbocycles. The first-order valence-corrected chi connectivity index (χ1v) is 10.1. The fraction of sp³-hybridized carbons (Fsp3) is 0.111. The number of methoxy groups -OCH3 is 1. The van der Waals surface area contributed by atoms with Gasteiger partial charge in [-0.05, 0) is 52.9 Å². The molecule has 7 nitrogen and oxygen atoms in total. The van der Waals surface area contributed by atoms with E-state index in [9.17, 15) is 4.39 Å². The Bertz CT molecular complexity index is 1070. The van der Waals surface area contributed by atoms with Crippen molar-refractivity contribution in [2.45, 2.75) is 10.9 Å². The number of anilines is 2. The molecule has 0 bridgehead atoms. The Kier molecular flexibility index (Phi) is 5.49. The zero-order valence-electron chi connectivity index (χ0n) is 14.7. The summed E-state index contributed by atoms with van der Waals surface area (Å²) in [5, 5.41) is 18.3. The average Bonchev–Trinajstić information content (AvgIpc) is 3.36. The number of halogens is 1. The van der Waals surface area contributed by atoms with Gasteiger partial charge in [0.25, 0.3) is 0 Å². The zero-order chi connectivity index (χ0) is 19.3. The molecule has 0 spiro atoms. The van der Waals surface area contributed by atoms with Gasteiger partial charge >= 0.3 is 0 Å². The first kappa shape index (κ1) is 18.4. The molecule has 2 heterocycles. The molecule has 1 N–H and O–H groups in total. The van der Waals surface area contributed by atoms with Crippen LogP contribution in [-0.4, -0.2) is 32.3 Å². The van der Waals surface area contributed by atoms with E-state index in [0.29, 0.717) is 16.6 Å². The number of hydrogen-bond donors (Lipinski definition) is 1. The van der Waals surface area contributed by atoms with Gasteiger partial charge in [0, 0.05) is 16.8 Å². The van der Waals surface area contributed by atoms with Gasteiger partial charge in [-0.3, -0.25) is 0 Å². The van der Waals surface area contributed by atoms with Crippen molar-refractivity contribution in [3.05, 3.63) is 65.4 Å². The lowest BCUT2D eigenvalue weighted by molar-refractivity contribution is 0.415. The number of hydrogen-bond acceptors (Lipinski definition) is 8. The van der Waals surface area contributed by atoms with E-state index in [-0.39, 0.29) is 5.82 Å². The van der Waals surface area contributed by atoms with Crippen LogP contribution in [0.3, 0.4) is 0 Å². The third kappa shape index (κ3) is 4.29. The van der Waals surface area contributed by atoms with Crippen LogP contribution in [0.1, 0.15) is 5.69 Å². The fourth-order valence-corrected chi connectivity index (χ4v) is 4.03. The summed E-state index contributed by atoms with van der Waals surface area (Å²) in [6.45, 7) is 0. The number of aromatic nitrogens is 5. The highest BCUT2D eigenvalue weighted by atomic mass is 32.2. The molecule has 0 saturated heterocycles. The third-order valence-electron chi connectivity index (χ3n) is 3.74. The minimum Gasteiger partial charge on any atom is -0.497 e. The monoisotopic (exact) mass is 414 g/mol. The van der Waals surface area contributed by atoms with E-state index < -0.39 is 0 Å². The molecule has 10 heteroatoms. The van der Waals surface area contributed by atoms with Gasteiger partial charge < -0.3 is 10.1 Å². The first-order chi connectivity index (χ1) is 13.7. The van der Waals surface area contributed by atoms with Crippen molar-refractivity contribution in [2.24, 2.45) is 0 Å². The SMILES string of the molecule is COc1ccc(Nc2nc(CSc3nnnn3-c3cccc(F)c3)cs2)cc1. The normalized spacial score (nSPS) is 10.8. The predicted molar refractivity (Wildman–Crippen MR) is 107 cm³/mol. The molecule has 0 atom stereocenters. The van der Waals surface area contributed by atoms with E-state index in [0.717, 1.165) is 22.3 Å². The van der Waals surface area contributed by atoms with E-state index >= 15 is 0 Å². The van der Waals surface area contributed by atoms with Gasteiger partial charge in [-0.15, -0.1) is 16.4 Å². The van der Waals surface area contributed by atoms with Crippen LogP contribution < -0.4 is 10.1 Å². The first-order valence-electron chi connectivity index (χ1n) is 8.24. The van der Waals surface area contributed by atoms with Crippen LogP contribution in [0.4, 0.5) is 15.2 Å². The second-order valence-electron chi connectivity index (χ2n) is 5.64. The minimum atomic E-state index is -0.335. The van der Waals surface area contributed by atoms with Gasteiger partial charge in [0.2, 0.25) is 5.16 Å². The summed E-state index contributed by atoms with van der Waals surface area (Å²) in [7, 11) is 1.64. The molecule has 2 aromatic heterocycles. The second kappa shape index (κ2) is 8.36. The molecule has 4 rings (SSSR count). The summed E-state index contributed by atoms with van der Waals surface area (Å²) >= 11 is 2.96. The number of nitrogens with zero attached hydrogens (tertiary/aromatic N) is 5. The van der Waals surface area contributed by atoms with Crippen molar-refractivity contribution in [3.8, 4) is 11.4 Å². The molecule has 0 aliphatic rings. The molecule has 4 aromatic rings. The molecule has 0 unspecified atom stereocenters. The number of nitrogens with one attached hydrogen (secondary N) is 1. The minimum absolute atomic E-state index is 0.335. The van der Waals surface area contributed by atoms with Gasteiger partial charge in [0.05, 0.1) is 18.5 Å². The summed E-state index contributed by atoms with van der Waals surface area (Å²) in [5.41, 5.74) is 2.41. The van der Waals surface area contributed by atoms with Crippen LogP contribution in [-0.2, 0) is 5.75 Å². The van der Waals surface area contributed by atoms with Gasteiger partial charge in [0.1, 0.15) is 11.6 Å². The lowest BCUT2D eigenvalue weighted by Gasteiger charge is -2.04. The highest BCUT2D eigenvalue weighted by Crippen LogP contribution is 2.27. The smallest absolute Gasteiger partial charge is 0.214 e. The molecule has 28 heavy (non-hydrogen) atoms. The number of thiazole rings is 1. The second-order valence-corrected chi connectivity index (χ2v) is 7.44. The number of thioether (sulfide) groups is 1. The van der Waals surface area contributed by atoms with E-state index in [1.807, 2.05) is 29.6 Å². The quantitative estimate of drug-likeness (QED) is 0.452. The summed E-state index contributed by atoms with van der Waals surface area (Å²) in [6.07, 6.45) is 0. The van der Waals surface area contributed by atoms with Crippen molar-refractivity contribution >= 4 is 33.9 Å². The highest BCUT2D eigenvalue weighted by molar-refractivity contribution is 7.98. The van der Waals surface area contributed by atoms with Crippen molar-refractivity contribution in [1.29, 1.82) is 0 Å². The number of benzene rings is 2. The Morgan fingerprint density at radius 3 is 2.86 bits per heavy atom. The average molecular weight is 414 g/mol. The molecule has 0 aliphatic heterocycles. The predicted octanol–water partition coefficient (Wildman–Crippen LogP) is 4.30. The van der Waals surface area contributed by atoms with Crippen molar-refractivity contribution in [3.63, 3.8) is 0 Å². The maximum absolute atomic E-state index is 13.5. The summed E-state index contributed by atoms with van der Waals surface area (Å²) in [6, 6.07) is 13.8. The molecule has 142 valence electrons. The van der Waals surface area contributed by atoms with E-state index in [1.165, 1.54) is 39.9 Å². The Morgan fingerprint density at radius 1 is 1.21 bits per heavy atom. The Hall–Kier alpha value is -2.98. The molecule has 0 aliphatic carbocycles. The summed E-state index contributed by atoms with van der Waals surface area (Å²) in [5.74, 6) is 1.06. The van der Waals surface area contributed by atoms with Crippen molar-refractivity contribution in [1.82, 2.24) is 25.2 Å². The molecule has 0 fully saturated rings. The van der Waals surface area contributed by atoms with E-state index in [4.69, 9.17) is 4.74 Å². The van der Waals surface area contributed by atoms with E-state index in [2.05, 4.69) is 25.8 Å². The van der Waals surface area contributed by atoms with Crippen molar-refractivity contribution in [2.75, 3.05) is 12.4 Å². The number of ether oxygens (including phenoxy) is 1. The number of tetrazole rings is 1. The van der Waals surface area contributed by atoms with Gasteiger partial charge in [-0.1, -0.05) is 17.8 Å². The highest BCUT2D eigenvalue weighted by Gasteiger charge is 2.11. The standard InChI is InChI=1S/C18H15FN6OS2/c1-26-16-7-5-13(6-8-16)20-17-21-14(10-27-17)11-28-18-22-23-24-25(18)15-4-2-3-12(19)9-15/h2-10H,11H2,1H3,(H,20,21). The fourth-order valence-electron chi connectivity index (χ4n) is 2.41. The van der Waals surface area contributed by atoms with Gasteiger partial charge in [0.15, 0.2) is 5.13 Å². The topological polar surface area (TPSA) is 77.8 Å². The van der Waals surface area contributed by atoms with Crippen molar-refractivity contribution < 1.29 is 9.13 Å². The van der Waals surface area contributed by atoms with Crippen LogP contribution in [0.2, 0.25) is 0 Å². The number of rotatable bonds is 7. The Labute approximate surface area is 168 Å². The van der Waals surface area contributed by atoms with Crippen LogP contribution in [0.5, 0.6) is 5.75 Å². The lowest BCUT2D eigenvalue weighted by atomic mass is 10.3. The molecular formula is C18H15FN6OS2. The lowest BCUT2D eigenvalue weighted by Crippen LogP contribution is -1.99. The van der Waals surface area contributed by atoms with Crippen LogP contribution in [0, 0.1) is 5.82 Å². The zero-order valence-corrected chi connectivity index (χ0v) is 16.4. The largest absolute Gasteiger partial charge is 0.497 e. The van der Waals surface area contributed by atoms with Crippen LogP contribution >= 0.6 is 23.1 Å². The molecular weight excluding hydrogens is 399 g/mol. The van der Waals surface area contributed by atoms with E-state index in [1.54, 1.807) is 19.2 Å². The van der Waals surface area contributed by atoms with Gasteiger partial charge in [-0.25, -0.2) is 9.37 Å². The third-order valence-corrected chi connectivity index (χ3v) is 5.50. The van der Waals surface area contributed by atoms with Gasteiger partial charge in [-0.2, -0.15) is 4.68 Å². The molecule has 0 saturated carbocycles. The Morgan fingerprint density at radius 2 is 2.07 bits per heavy atom. The maximum atomic E-state index is 13.5. The van der Waals surface area contributed by atoms with Crippen LogP contribution in [0.15, 0.2) is 59.1 Å².